The fraction of sp³-hybridized carbons (Fsp3) is 0.286. The Hall–Kier alpha value is -2.10. The molecule has 18 heavy (non-hydrogen) atoms. The van der Waals surface area contributed by atoms with Crippen molar-refractivity contribution in [3.63, 3.8) is 0 Å². The van der Waals surface area contributed by atoms with Crippen LogP contribution in [0.25, 0.3) is 17.4 Å². The minimum absolute atomic E-state index is 0.882. The van der Waals surface area contributed by atoms with Gasteiger partial charge in [0, 0.05) is 36.3 Å². The standard InChI is InChI=1S/C14H16N4/c1-4-6-17-7-5-13-12(11(17)3)9-15-14-8-10(2)16-18(13)14/h5,7-9H,3-4,6H2,1-2H3. The van der Waals surface area contributed by atoms with E-state index in [4.69, 9.17) is 0 Å². The molecule has 3 rings (SSSR count). The molecule has 1 aliphatic heterocycles. The van der Waals surface area contributed by atoms with Gasteiger partial charge in [-0.15, -0.1) is 0 Å². The van der Waals surface area contributed by atoms with Crippen molar-refractivity contribution < 1.29 is 0 Å². The smallest absolute Gasteiger partial charge is 0.155 e. The number of aryl methyl sites for hydroxylation is 1. The zero-order chi connectivity index (χ0) is 12.7. The highest BCUT2D eigenvalue weighted by Crippen LogP contribution is 2.27. The topological polar surface area (TPSA) is 33.4 Å². The average molecular weight is 240 g/mol. The van der Waals surface area contributed by atoms with Crippen LogP contribution in [0.2, 0.25) is 0 Å². The van der Waals surface area contributed by atoms with Crippen molar-refractivity contribution in [2.75, 3.05) is 6.54 Å². The second-order valence-corrected chi connectivity index (χ2v) is 4.57. The van der Waals surface area contributed by atoms with Gasteiger partial charge < -0.3 is 4.90 Å². The Morgan fingerprint density at radius 1 is 1.39 bits per heavy atom. The third-order valence-electron chi connectivity index (χ3n) is 3.18. The molecule has 0 radical (unpaired) electrons. The molecule has 0 atom stereocenters. The summed E-state index contributed by atoms with van der Waals surface area (Å²) < 4.78 is 1.88. The van der Waals surface area contributed by atoms with Gasteiger partial charge in [0.1, 0.15) is 0 Å². The third-order valence-corrected chi connectivity index (χ3v) is 3.18. The second-order valence-electron chi connectivity index (χ2n) is 4.57. The van der Waals surface area contributed by atoms with Gasteiger partial charge in [-0.3, -0.25) is 0 Å². The molecule has 0 fully saturated rings. The number of rotatable bonds is 2. The van der Waals surface area contributed by atoms with Crippen molar-refractivity contribution in [2.24, 2.45) is 0 Å². The van der Waals surface area contributed by atoms with E-state index < -0.39 is 0 Å². The van der Waals surface area contributed by atoms with E-state index in [0.717, 1.165) is 41.3 Å². The van der Waals surface area contributed by atoms with Crippen LogP contribution < -0.4 is 0 Å². The van der Waals surface area contributed by atoms with Crippen LogP contribution in [0.1, 0.15) is 30.3 Å². The summed E-state index contributed by atoms with van der Waals surface area (Å²) in [6.07, 6.45) is 7.14. The molecule has 4 heteroatoms. The highest BCUT2D eigenvalue weighted by Gasteiger charge is 2.18. The van der Waals surface area contributed by atoms with E-state index in [1.54, 1.807) is 0 Å². The SMILES string of the molecule is C=C1c2cnc3cc(C)nn3c2C=CN1CCC. The van der Waals surface area contributed by atoms with Crippen molar-refractivity contribution in [1.82, 2.24) is 19.5 Å². The fourth-order valence-electron chi connectivity index (χ4n) is 2.30. The molecular weight excluding hydrogens is 224 g/mol. The average Bonchev–Trinajstić information content (AvgIpc) is 2.73. The van der Waals surface area contributed by atoms with Crippen LogP contribution in [0, 0.1) is 6.92 Å². The highest BCUT2D eigenvalue weighted by molar-refractivity contribution is 5.75. The summed E-state index contributed by atoms with van der Waals surface area (Å²) in [5.41, 5.74) is 4.97. The first-order chi connectivity index (χ1) is 8.70. The molecule has 0 amide bonds. The van der Waals surface area contributed by atoms with E-state index in [0.29, 0.717) is 0 Å². The third kappa shape index (κ3) is 1.53. The van der Waals surface area contributed by atoms with E-state index in [9.17, 15) is 0 Å². The molecule has 92 valence electrons. The zero-order valence-corrected chi connectivity index (χ0v) is 10.7. The lowest BCUT2D eigenvalue weighted by Gasteiger charge is -2.27. The van der Waals surface area contributed by atoms with Crippen LogP contribution in [0.15, 0.2) is 25.0 Å². The molecule has 4 nitrogen and oxygen atoms in total. The number of fused-ring (bicyclic) bond motifs is 3. The lowest BCUT2D eigenvalue weighted by atomic mass is 10.1. The molecule has 0 N–H and O–H groups in total. The summed E-state index contributed by atoms with van der Waals surface area (Å²) >= 11 is 0. The predicted molar refractivity (Wildman–Crippen MR) is 72.8 cm³/mol. The molecule has 0 aromatic carbocycles. The molecule has 0 aliphatic carbocycles. The number of hydrogen-bond donors (Lipinski definition) is 0. The summed E-state index contributed by atoms with van der Waals surface area (Å²) in [6, 6.07) is 1.98. The summed E-state index contributed by atoms with van der Waals surface area (Å²) in [5.74, 6) is 0. The van der Waals surface area contributed by atoms with Gasteiger partial charge >= 0.3 is 0 Å². The number of hydrogen-bond acceptors (Lipinski definition) is 3. The van der Waals surface area contributed by atoms with Gasteiger partial charge in [-0.25, -0.2) is 9.50 Å². The van der Waals surface area contributed by atoms with E-state index in [2.05, 4.69) is 40.8 Å². The van der Waals surface area contributed by atoms with Crippen molar-refractivity contribution in [2.45, 2.75) is 20.3 Å². The van der Waals surface area contributed by atoms with Crippen molar-refractivity contribution >= 4 is 17.4 Å². The maximum Gasteiger partial charge on any atom is 0.155 e. The van der Waals surface area contributed by atoms with Gasteiger partial charge in [0.05, 0.1) is 11.4 Å². The Labute approximate surface area is 106 Å². The van der Waals surface area contributed by atoms with Gasteiger partial charge in [-0.1, -0.05) is 13.5 Å². The van der Waals surface area contributed by atoms with Crippen LogP contribution in [0.3, 0.4) is 0 Å². The number of nitrogens with zero attached hydrogens (tertiary/aromatic N) is 4. The van der Waals surface area contributed by atoms with Crippen LogP contribution in [0.4, 0.5) is 0 Å². The van der Waals surface area contributed by atoms with Gasteiger partial charge in [0.15, 0.2) is 5.65 Å². The Morgan fingerprint density at radius 2 is 2.22 bits per heavy atom. The molecule has 0 saturated carbocycles. The first-order valence-electron chi connectivity index (χ1n) is 6.20. The maximum atomic E-state index is 4.48. The summed E-state index contributed by atoms with van der Waals surface area (Å²) in [6.45, 7) is 9.28. The normalized spacial score (nSPS) is 14.3. The highest BCUT2D eigenvalue weighted by atomic mass is 15.3. The van der Waals surface area contributed by atoms with Gasteiger partial charge in [0.2, 0.25) is 0 Å². The Bertz CT molecular complexity index is 651. The Morgan fingerprint density at radius 3 is 3.00 bits per heavy atom. The van der Waals surface area contributed by atoms with Crippen molar-refractivity contribution in [1.29, 1.82) is 0 Å². The summed E-state index contributed by atoms with van der Waals surface area (Å²) in [7, 11) is 0. The van der Waals surface area contributed by atoms with Gasteiger partial charge in [-0.05, 0) is 19.4 Å². The molecule has 2 aromatic heterocycles. The molecule has 1 aliphatic rings. The van der Waals surface area contributed by atoms with E-state index in [1.807, 2.05) is 23.7 Å². The summed E-state index contributed by atoms with van der Waals surface area (Å²) in [4.78, 5) is 6.60. The van der Waals surface area contributed by atoms with Gasteiger partial charge in [0.25, 0.3) is 0 Å². The summed E-state index contributed by atoms with van der Waals surface area (Å²) in [5, 5.41) is 4.48. The fourth-order valence-corrected chi connectivity index (χ4v) is 2.30. The van der Waals surface area contributed by atoms with Crippen LogP contribution >= 0.6 is 0 Å². The number of aromatic nitrogens is 3. The monoisotopic (exact) mass is 240 g/mol. The zero-order valence-electron chi connectivity index (χ0n) is 10.7. The quantitative estimate of drug-likeness (QED) is 0.809. The lowest BCUT2D eigenvalue weighted by molar-refractivity contribution is 0.523. The minimum atomic E-state index is 0.882. The van der Waals surface area contributed by atoms with Crippen molar-refractivity contribution in [3.05, 3.63) is 42.0 Å². The second kappa shape index (κ2) is 3.98. The maximum absolute atomic E-state index is 4.48. The molecule has 0 unspecified atom stereocenters. The van der Waals surface area contributed by atoms with Gasteiger partial charge in [-0.2, -0.15) is 5.10 Å². The first kappa shape index (κ1) is 11.0. The predicted octanol–water partition coefficient (Wildman–Crippen LogP) is 2.70. The first-order valence-corrected chi connectivity index (χ1v) is 6.20. The van der Waals surface area contributed by atoms with Crippen LogP contribution in [-0.4, -0.2) is 26.0 Å². The molecular formula is C14H16N4. The molecule has 0 spiro atoms. The molecule has 2 aromatic rings. The molecule has 3 heterocycles. The van der Waals surface area contributed by atoms with Crippen molar-refractivity contribution in [3.8, 4) is 0 Å². The molecule has 0 bridgehead atoms. The van der Waals surface area contributed by atoms with E-state index >= 15 is 0 Å². The largest absolute Gasteiger partial charge is 0.348 e. The lowest BCUT2D eigenvalue weighted by Crippen LogP contribution is -2.20. The van der Waals surface area contributed by atoms with Crippen LogP contribution in [-0.2, 0) is 0 Å². The minimum Gasteiger partial charge on any atom is -0.348 e. The van der Waals surface area contributed by atoms with E-state index in [-0.39, 0.29) is 0 Å². The Balaban J connectivity index is 2.17. The van der Waals surface area contributed by atoms with E-state index in [1.165, 1.54) is 0 Å². The molecule has 0 saturated heterocycles. The Kier molecular flexibility index (Phi) is 2.44. The van der Waals surface area contributed by atoms with Crippen LogP contribution in [0.5, 0.6) is 0 Å².